The van der Waals surface area contributed by atoms with Crippen molar-refractivity contribution in [3.05, 3.63) is 89.4 Å². The van der Waals surface area contributed by atoms with Crippen molar-refractivity contribution in [3.8, 4) is 28.2 Å². The third-order valence-electron chi connectivity index (χ3n) is 4.18. The lowest BCUT2D eigenvalue weighted by Crippen LogP contribution is -2.40. The largest absolute Gasteiger partial charge is 0.257 e. The Bertz CT molecular complexity index is 991. The van der Waals surface area contributed by atoms with Crippen LogP contribution in [0.3, 0.4) is 0 Å². The van der Waals surface area contributed by atoms with Crippen LogP contribution in [0.4, 0.5) is 0 Å². The monoisotopic (exact) mass is 390 g/mol. The number of aromatic nitrogens is 3. The Kier molecular flexibility index (Phi) is 4.20. The van der Waals surface area contributed by atoms with Crippen molar-refractivity contribution in [3.63, 3.8) is 0 Å². The van der Waals surface area contributed by atoms with Gasteiger partial charge >= 0.3 is 0 Å². The number of rotatable bonds is 3. The van der Waals surface area contributed by atoms with Crippen LogP contribution in [-0.4, -0.2) is 9.90 Å². The van der Waals surface area contributed by atoms with Gasteiger partial charge in [0.2, 0.25) is 5.69 Å². The Morgan fingerprint density at radius 2 is 1.32 bits per heavy atom. The lowest BCUT2D eigenvalue weighted by Gasteiger charge is -2.01. The first-order chi connectivity index (χ1) is 12.2. The van der Waals surface area contributed by atoms with Gasteiger partial charge in [0.05, 0.1) is 5.10 Å². The molecule has 1 heterocycles. The Balaban J connectivity index is 1.97. The van der Waals surface area contributed by atoms with E-state index in [0.717, 1.165) is 32.7 Å². The Morgan fingerprint density at radius 1 is 0.760 bits per heavy atom. The molecule has 0 fully saturated rings. The van der Waals surface area contributed by atoms with Gasteiger partial charge in [0.25, 0.3) is 5.69 Å². The maximum Gasteiger partial charge on any atom is 0.257 e. The van der Waals surface area contributed by atoms with E-state index in [1.165, 1.54) is 0 Å². The number of benzene rings is 3. The smallest absolute Gasteiger partial charge is 0.150 e. The van der Waals surface area contributed by atoms with Crippen molar-refractivity contribution >= 4 is 15.9 Å². The molecule has 3 aromatic carbocycles. The van der Waals surface area contributed by atoms with Gasteiger partial charge < -0.3 is 0 Å². The minimum atomic E-state index is 0.970. The van der Waals surface area contributed by atoms with Gasteiger partial charge in [-0.3, -0.25) is 0 Å². The fourth-order valence-electron chi connectivity index (χ4n) is 2.97. The van der Waals surface area contributed by atoms with Crippen LogP contribution in [0.1, 0.15) is 0 Å². The van der Waals surface area contributed by atoms with E-state index in [0.29, 0.717) is 0 Å². The average Bonchev–Trinajstić information content (AvgIpc) is 3.01. The second kappa shape index (κ2) is 6.65. The summed E-state index contributed by atoms with van der Waals surface area (Å²) in [5.41, 5.74) is 5.33. The van der Waals surface area contributed by atoms with Crippen LogP contribution in [0.25, 0.3) is 28.2 Å². The summed E-state index contributed by atoms with van der Waals surface area (Å²) in [6, 6.07) is 28.9. The molecular formula is C21H17BrN3+. The summed E-state index contributed by atoms with van der Waals surface area (Å²) in [7, 11) is 2.05. The number of nitrogens with zero attached hydrogens (tertiary/aromatic N) is 3. The molecule has 0 unspecified atom stereocenters. The molecule has 25 heavy (non-hydrogen) atoms. The SMILES string of the molecule is C[n+]1c(-c2ccccc2)c(-c2ccccc2)nn1-c1ccc(Br)cc1. The van der Waals surface area contributed by atoms with E-state index in [9.17, 15) is 0 Å². The van der Waals surface area contributed by atoms with E-state index in [4.69, 9.17) is 5.10 Å². The third kappa shape index (κ3) is 3.01. The molecule has 0 saturated carbocycles. The van der Waals surface area contributed by atoms with Crippen molar-refractivity contribution in [2.24, 2.45) is 7.05 Å². The van der Waals surface area contributed by atoms with Crippen LogP contribution in [0.5, 0.6) is 0 Å². The molecule has 122 valence electrons. The summed E-state index contributed by atoms with van der Waals surface area (Å²) in [6.45, 7) is 0. The fourth-order valence-corrected chi connectivity index (χ4v) is 3.24. The molecule has 3 nitrogen and oxygen atoms in total. The van der Waals surface area contributed by atoms with Crippen LogP contribution in [0.15, 0.2) is 89.4 Å². The zero-order chi connectivity index (χ0) is 17.2. The summed E-state index contributed by atoms with van der Waals surface area (Å²) in [4.78, 5) is 1.94. The highest BCUT2D eigenvalue weighted by atomic mass is 79.9. The molecule has 4 aromatic rings. The molecule has 0 aliphatic rings. The molecule has 0 saturated heterocycles. The molecule has 1 aromatic heterocycles. The van der Waals surface area contributed by atoms with Crippen molar-refractivity contribution < 1.29 is 4.68 Å². The minimum absolute atomic E-state index is 0.970. The standard InChI is InChI=1S/C21H17BrN3/c1-24-21(17-10-6-3-7-11-17)20(16-8-4-2-5-9-16)23-25(24)19-14-12-18(22)13-15-19/h2-15H,1H3/q+1. The quantitative estimate of drug-likeness (QED) is 0.460. The first-order valence-electron chi connectivity index (χ1n) is 8.10. The average molecular weight is 391 g/mol. The third-order valence-corrected chi connectivity index (χ3v) is 4.71. The fraction of sp³-hybridized carbons (Fsp3) is 0.0476. The van der Waals surface area contributed by atoms with Crippen molar-refractivity contribution in [2.75, 3.05) is 0 Å². The zero-order valence-corrected chi connectivity index (χ0v) is 15.4. The van der Waals surface area contributed by atoms with Crippen LogP contribution >= 0.6 is 15.9 Å². The highest BCUT2D eigenvalue weighted by Gasteiger charge is 2.27. The lowest BCUT2D eigenvalue weighted by atomic mass is 10.1. The van der Waals surface area contributed by atoms with Gasteiger partial charge in [-0.05, 0) is 29.1 Å². The van der Waals surface area contributed by atoms with Gasteiger partial charge in [0.1, 0.15) is 12.7 Å². The number of hydrogen-bond acceptors (Lipinski definition) is 1. The first kappa shape index (κ1) is 15.8. The van der Waals surface area contributed by atoms with E-state index >= 15 is 0 Å². The number of hydrogen-bond donors (Lipinski definition) is 0. The summed E-state index contributed by atoms with van der Waals surface area (Å²) in [5.74, 6) is 0. The molecule has 0 aliphatic carbocycles. The molecule has 0 N–H and O–H groups in total. The molecule has 0 amide bonds. The van der Waals surface area contributed by atoms with Crippen LogP contribution in [0, 0.1) is 0 Å². The summed E-state index contributed by atoms with van der Waals surface area (Å²) >= 11 is 3.49. The Labute approximate surface area is 155 Å². The van der Waals surface area contributed by atoms with Crippen molar-refractivity contribution in [2.45, 2.75) is 0 Å². The molecule has 4 rings (SSSR count). The van der Waals surface area contributed by atoms with E-state index in [2.05, 4.69) is 69.1 Å². The summed E-state index contributed by atoms with van der Waals surface area (Å²) in [6.07, 6.45) is 0. The molecule has 0 radical (unpaired) electrons. The maximum absolute atomic E-state index is 4.92. The molecular weight excluding hydrogens is 374 g/mol. The van der Waals surface area contributed by atoms with Crippen LogP contribution < -0.4 is 4.68 Å². The summed E-state index contributed by atoms with van der Waals surface area (Å²) in [5, 5.41) is 4.92. The topological polar surface area (TPSA) is 21.7 Å². The second-order valence-corrected chi connectivity index (χ2v) is 6.73. The Hall–Kier alpha value is -2.72. The van der Waals surface area contributed by atoms with Gasteiger partial charge in [0, 0.05) is 15.6 Å². The van der Waals surface area contributed by atoms with Gasteiger partial charge in [-0.15, -0.1) is 0 Å². The van der Waals surface area contributed by atoms with Gasteiger partial charge in [-0.25, -0.2) is 0 Å². The van der Waals surface area contributed by atoms with Gasteiger partial charge in [0.15, 0.2) is 0 Å². The van der Waals surface area contributed by atoms with E-state index in [1.807, 2.05) is 48.2 Å². The highest BCUT2D eigenvalue weighted by molar-refractivity contribution is 9.10. The molecule has 0 bridgehead atoms. The summed E-state index contributed by atoms with van der Waals surface area (Å²) < 4.78 is 3.15. The predicted octanol–water partition coefficient (Wildman–Crippen LogP) is 4.79. The lowest BCUT2D eigenvalue weighted by molar-refractivity contribution is -0.738. The molecule has 0 aliphatic heterocycles. The first-order valence-corrected chi connectivity index (χ1v) is 8.89. The predicted molar refractivity (Wildman–Crippen MR) is 103 cm³/mol. The van der Waals surface area contributed by atoms with E-state index < -0.39 is 0 Å². The van der Waals surface area contributed by atoms with Gasteiger partial charge in [-0.2, -0.15) is 4.68 Å². The van der Waals surface area contributed by atoms with Crippen molar-refractivity contribution in [1.29, 1.82) is 0 Å². The minimum Gasteiger partial charge on any atom is -0.150 e. The molecule has 0 spiro atoms. The maximum atomic E-state index is 4.92. The van der Waals surface area contributed by atoms with Crippen LogP contribution in [-0.2, 0) is 7.05 Å². The Morgan fingerprint density at radius 3 is 1.92 bits per heavy atom. The normalized spacial score (nSPS) is 10.8. The van der Waals surface area contributed by atoms with Crippen LogP contribution in [0.2, 0.25) is 0 Å². The highest BCUT2D eigenvalue weighted by Crippen LogP contribution is 2.28. The molecule has 4 heteroatoms. The van der Waals surface area contributed by atoms with E-state index in [-0.39, 0.29) is 0 Å². The number of halogens is 1. The molecule has 0 atom stereocenters. The second-order valence-electron chi connectivity index (χ2n) is 5.82. The van der Waals surface area contributed by atoms with Gasteiger partial charge in [-0.1, -0.05) is 76.6 Å². The zero-order valence-electron chi connectivity index (χ0n) is 13.8. The van der Waals surface area contributed by atoms with E-state index in [1.54, 1.807) is 0 Å². The van der Waals surface area contributed by atoms with Crippen molar-refractivity contribution in [1.82, 2.24) is 9.90 Å².